The van der Waals surface area contributed by atoms with Crippen molar-refractivity contribution >= 4 is 34.2 Å². The van der Waals surface area contributed by atoms with E-state index in [1.54, 1.807) is 24.8 Å². The maximum atomic E-state index is 11.2. The minimum atomic E-state index is -0.884. The van der Waals surface area contributed by atoms with Crippen molar-refractivity contribution in [1.29, 1.82) is 0 Å². The Bertz CT molecular complexity index is 1270. The predicted molar refractivity (Wildman–Crippen MR) is 130 cm³/mol. The molecule has 1 N–H and O–H groups in total. The van der Waals surface area contributed by atoms with E-state index in [1.165, 1.54) is 25.7 Å². The molecule has 0 spiro atoms. The summed E-state index contributed by atoms with van der Waals surface area (Å²) in [7, 11) is 0. The molecule has 1 unspecified atom stereocenters. The number of rotatable bonds is 5. The fraction of sp³-hybridized carbons (Fsp3) is 0.360. The second kappa shape index (κ2) is 9.37. The van der Waals surface area contributed by atoms with E-state index in [-0.39, 0.29) is 5.28 Å². The maximum absolute atomic E-state index is 11.2. The van der Waals surface area contributed by atoms with Crippen LogP contribution < -0.4 is 0 Å². The van der Waals surface area contributed by atoms with E-state index in [2.05, 4.69) is 31.4 Å². The number of hydrogen-bond acceptors (Lipinski definition) is 5. The number of fused-ring (bicyclic) bond motifs is 1. The molecule has 4 heterocycles. The molecule has 1 aliphatic rings. The average molecular weight is 482 g/mol. The number of aliphatic hydroxyl groups is 1. The van der Waals surface area contributed by atoms with Gasteiger partial charge in [-0.3, -0.25) is 9.97 Å². The maximum Gasteiger partial charge on any atom is 0.223 e. The van der Waals surface area contributed by atoms with Crippen LogP contribution in [0.2, 0.25) is 10.3 Å². The Hall–Kier alpha value is -2.54. The SMILES string of the molecule is C[C@H]1CC[C@H](Cn2cc(C(O)c3cccnc3)c3nc(Cl)nc(-c4cncc(Cl)c4)c32)CC1. The van der Waals surface area contributed by atoms with Gasteiger partial charge >= 0.3 is 0 Å². The summed E-state index contributed by atoms with van der Waals surface area (Å²) in [6.45, 7) is 3.15. The molecule has 0 radical (unpaired) electrons. The normalized spacial score (nSPS) is 19.6. The van der Waals surface area contributed by atoms with Crippen LogP contribution in [0.1, 0.15) is 49.8 Å². The van der Waals surface area contributed by atoms with Crippen LogP contribution in [0.4, 0.5) is 0 Å². The van der Waals surface area contributed by atoms with Crippen molar-refractivity contribution in [3.8, 4) is 11.3 Å². The van der Waals surface area contributed by atoms with Gasteiger partial charge in [0.05, 0.1) is 16.1 Å². The Balaban J connectivity index is 1.68. The summed E-state index contributed by atoms with van der Waals surface area (Å²) < 4.78 is 2.18. The van der Waals surface area contributed by atoms with Crippen molar-refractivity contribution in [3.05, 3.63) is 70.6 Å². The fourth-order valence-corrected chi connectivity index (χ4v) is 5.13. The van der Waals surface area contributed by atoms with Gasteiger partial charge in [-0.2, -0.15) is 0 Å². The first-order valence-electron chi connectivity index (χ1n) is 11.2. The van der Waals surface area contributed by atoms with Crippen molar-refractivity contribution < 1.29 is 5.11 Å². The highest BCUT2D eigenvalue weighted by atomic mass is 35.5. The average Bonchev–Trinajstić information content (AvgIpc) is 3.18. The molecule has 0 aromatic carbocycles. The molecule has 5 rings (SSSR count). The highest BCUT2D eigenvalue weighted by Crippen LogP contribution is 2.37. The van der Waals surface area contributed by atoms with Crippen LogP contribution in [0.3, 0.4) is 0 Å². The molecule has 0 saturated heterocycles. The lowest BCUT2D eigenvalue weighted by Crippen LogP contribution is -2.17. The fourth-order valence-electron chi connectivity index (χ4n) is 4.79. The smallest absolute Gasteiger partial charge is 0.223 e. The van der Waals surface area contributed by atoms with Gasteiger partial charge < -0.3 is 9.67 Å². The molecule has 1 fully saturated rings. The number of halogens is 2. The standard InChI is InChI=1S/C25H25Cl2N5O/c1-15-4-6-16(7-5-15)13-32-14-20(24(33)17-3-2-8-28-10-17)22-23(32)21(30-25(27)31-22)18-9-19(26)12-29-11-18/h2-3,8-12,14-16,24,33H,4-7,13H2,1H3/t15-,16-,24?. The van der Waals surface area contributed by atoms with Gasteiger partial charge in [-0.25, -0.2) is 9.97 Å². The highest BCUT2D eigenvalue weighted by molar-refractivity contribution is 6.31. The summed E-state index contributed by atoms with van der Waals surface area (Å²) in [5.41, 5.74) is 4.27. The summed E-state index contributed by atoms with van der Waals surface area (Å²) in [6.07, 6.45) is 12.6. The molecule has 6 nitrogen and oxygen atoms in total. The summed E-state index contributed by atoms with van der Waals surface area (Å²) >= 11 is 12.6. The second-order valence-electron chi connectivity index (χ2n) is 8.98. The summed E-state index contributed by atoms with van der Waals surface area (Å²) in [6, 6.07) is 5.49. The minimum absolute atomic E-state index is 0.112. The van der Waals surface area contributed by atoms with Crippen LogP contribution in [-0.4, -0.2) is 29.6 Å². The van der Waals surface area contributed by atoms with Gasteiger partial charge in [0.15, 0.2) is 0 Å². The zero-order valence-corrected chi connectivity index (χ0v) is 19.8. The van der Waals surface area contributed by atoms with Crippen LogP contribution in [0, 0.1) is 11.8 Å². The van der Waals surface area contributed by atoms with Gasteiger partial charge in [-0.05, 0) is 48.4 Å². The van der Waals surface area contributed by atoms with E-state index in [4.69, 9.17) is 23.2 Å². The molecule has 4 aromatic rings. The number of pyridine rings is 2. The van der Waals surface area contributed by atoms with Crippen LogP contribution >= 0.6 is 23.2 Å². The summed E-state index contributed by atoms with van der Waals surface area (Å²) in [4.78, 5) is 17.5. The van der Waals surface area contributed by atoms with Crippen LogP contribution in [0.5, 0.6) is 0 Å². The third-order valence-electron chi connectivity index (χ3n) is 6.58. The van der Waals surface area contributed by atoms with Gasteiger partial charge in [0, 0.05) is 54.2 Å². The molecule has 1 saturated carbocycles. The van der Waals surface area contributed by atoms with E-state index in [1.807, 2.05) is 24.4 Å². The van der Waals surface area contributed by atoms with Crippen molar-refractivity contribution in [2.24, 2.45) is 11.8 Å². The Morgan fingerprint density at radius 1 is 1.09 bits per heavy atom. The molecule has 1 aliphatic carbocycles. The third-order valence-corrected chi connectivity index (χ3v) is 6.95. The molecular formula is C25H25Cl2N5O. The van der Waals surface area contributed by atoms with Gasteiger partial charge in [-0.15, -0.1) is 0 Å². The van der Waals surface area contributed by atoms with Crippen molar-refractivity contribution in [1.82, 2.24) is 24.5 Å². The van der Waals surface area contributed by atoms with E-state index >= 15 is 0 Å². The third kappa shape index (κ3) is 4.60. The van der Waals surface area contributed by atoms with E-state index < -0.39 is 6.10 Å². The Kier molecular flexibility index (Phi) is 6.32. The van der Waals surface area contributed by atoms with Crippen LogP contribution in [-0.2, 0) is 6.54 Å². The highest BCUT2D eigenvalue weighted by Gasteiger charge is 2.26. The van der Waals surface area contributed by atoms with Gasteiger partial charge in [0.1, 0.15) is 11.8 Å². The first kappa shape index (κ1) is 22.3. The van der Waals surface area contributed by atoms with Gasteiger partial charge in [0.25, 0.3) is 0 Å². The monoisotopic (exact) mass is 481 g/mol. The molecular weight excluding hydrogens is 457 g/mol. The lowest BCUT2D eigenvalue weighted by Gasteiger charge is -2.26. The minimum Gasteiger partial charge on any atom is -0.383 e. The second-order valence-corrected chi connectivity index (χ2v) is 9.76. The van der Waals surface area contributed by atoms with Gasteiger partial charge in [0.2, 0.25) is 5.28 Å². The quantitative estimate of drug-likeness (QED) is 0.348. The number of aromatic nitrogens is 5. The molecule has 1 atom stereocenters. The lowest BCUT2D eigenvalue weighted by molar-refractivity contribution is 0.220. The van der Waals surface area contributed by atoms with E-state index in [0.29, 0.717) is 33.3 Å². The molecule has 0 bridgehead atoms. The van der Waals surface area contributed by atoms with E-state index in [0.717, 1.165) is 23.5 Å². The Morgan fingerprint density at radius 2 is 1.91 bits per heavy atom. The largest absolute Gasteiger partial charge is 0.383 e. The number of nitrogens with zero attached hydrogens (tertiary/aromatic N) is 5. The van der Waals surface area contributed by atoms with Crippen molar-refractivity contribution in [2.45, 2.75) is 45.3 Å². The summed E-state index contributed by atoms with van der Waals surface area (Å²) in [5.74, 6) is 1.34. The molecule has 4 aromatic heterocycles. The number of aliphatic hydroxyl groups excluding tert-OH is 1. The topological polar surface area (TPSA) is 76.7 Å². The van der Waals surface area contributed by atoms with Gasteiger partial charge in [-0.1, -0.05) is 37.4 Å². The zero-order chi connectivity index (χ0) is 22.9. The molecule has 33 heavy (non-hydrogen) atoms. The number of hydrogen-bond donors (Lipinski definition) is 1. The molecule has 0 aliphatic heterocycles. The summed E-state index contributed by atoms with van der Waals surface area (Å²) in [5, 5.41) is 11.9. The predicted octanol–water partition coefficient (Wildman–Crippen LogP) is 6.10. The first-order chi connectivity index (χ1) is 16.0. The van der Waals surface area contributed by atoms with Crippen LogP contribution in [0.25, 0.3) is 22.3 Å². The van der Waals surface area contributed by atoms with Crippen LogP contribution in [0.15, 0.2) is 49.2 Å². The molecule has 0 amide bonds. The first-order valence-corrected chi connectivity index (χ1v) is 12.0. The zero-order valence-electron chi connectivity index (χ0n) is 18.3. The molecule has 8 heteroatoms. The Labute approximate surface area is 202 Å². The van der Waals surface area contributed by atoms with E-state index in [9.17, 15) is 5.11 Å². The lowest BCUT2D eigenvalue weighted by atomic mass is 9.83. The van der Waals surface area contributed by atoms with Crippen molar-refractivity contribution in [2.75, 3.05) is 0 Å². The Morgan fingerprint density at radius 3 is 2.64 bits per heavy atom. The van der Waals surface area contributed by atoms with Crippen molar-refractivity contribution in [3.63, 3.8) is 0 Å². The molecule has 170 valence electrons.